The Bertz CT molecular complexity index is 853. The van der Waals surface area contributed by atoms with Gasteiger partial charge in [0.25, 0.3) is 5.91 Å². The van der Waals surface area contributed by atoms with Crippen molar-refractivity contribution in [3.63, 3.8) is 0 Å². The number of piperidine rings is 1. The number of hydrogen-bond donors (Lipinski definition) is 1. The Morgan fingerprint density at radius 3 is 2.48 bits per heavy atom. The molecule has 0 spiro atoms. The van der Waals surface area contributed by atoms with Crippen LogP contribution in [0.3, 0.4) is 0 Å². The third kappa shape index (κ3) is 6.00. The van der Waals surface area contributed by atoms with E-state index in [9.17, 15) is 9.59 Å². The van der Waals surface area contributed by atoms with E-state index in [1.165, 1.54) is 0 Å². The van der Waals surface area contributed by atoms with Gasteiger partial charge in [-0.05, 0) is 67.6 Å². The number of carbonyl (C=O) groups excluding carboxylic acids is 2. The third-order valence-corrected chi connectivity index (χ3v) is 6.85. The van der Waals surface area contributed by atoms with E-state index < -0.39 is 6.04 Å². The highest BCUT2D eigenvalue weighted by Crippen LogP contribution is 2.36. The molecule has 4 nitrogen and oxygen atoms in total. The lowest BCUT2D eigenvalue weighted by Gasteiger charge is -2.39. The van der Waals surface area contributed by atoms with Gasteiger partial charge in [-0.2, -0.15) is 0 Å². The minimum Gasteiger partial charge on any atom is -0.341 e. The summed E-state index contributed by atoms with van der Waals surface area (Å²) in [6.45, 7) is 9.79. The zero-order valence-corrected chi connectivity index (χ0v) is 19.9. The predicted molar refractivity (Wildman–Crippen MR) is 127 cm³/mol. The van der Waals surface area contributed by atoms with Crippen LogP contribution in [0.2, 0.25) is 0 Å². The molecule has 0 aromatic heterocycles. The number of nitrogens with one attached hydrogen (secondary N) is 1. The molecular weight excluding hydrogens is 408 g/mol. The van der Waals surface area contributed by atoms with E-state index in [4.69, 9.17) is 11.6 Å². The summed E-state index contributed by atoms with van der Waals surface area (Å²) in [5, 5.41) is 3.84. The fraction of sp³-hybridized carbons (Fsp3) is 0.538. The smallest absolute Gasteiger partial charge is 0.252 e. The van der Waals surface area contributed by atoms with E-state index >= 15 is 0 Å². The normalized spacial score (nSPS) is 22.9. The fourth-order valence-electron chi connectivity index (χ4n) is 4.86. The average Bonchev–Trinajstić information content (AvgIpc) is 2.73. The lowest BCUT2D eigenvalue weighted by Crippen LogP contribution is -2.51. The maximum absolute atomic E-state index is 13.3. The van der Waals surface area contributed by atoms with Crippen molar-refractivity contribution >= 4 is 23.4 Å². The Kier molecular flexibility index (Phi) is 7.99. The van der Waals surface area contributed by atoms with Crippen LogP contribution >= 0.6 is 11.6 Å². The topological polar surface area (TPSA) is 49.4 Å². The van der Waals surface area contributed by atoms with Crippen molar-refractivity contribution in [3.05, 3.63) is 58.7 Å². The molecule has 2 amide bonds. The molecule has 1 aliphatic heterocycles. The van der Waals surface area contributed by atoms with Crippen molar-refractivity contribution < 1.29 is 9.59 Å². The van der Waals surface area contributed by atoms with Gasteiger partial charge in [0.1, 0.15) is 6.04 Å². The molecule has 3 unspecified atom stereocenters. The van der Waals surface area contributed by atoms with Gasteiger partial charge in [-0.1, -0.05) is 62.7 Å². The third-order valence-electron chi connectivity index (χ3n) is 6.60. The number of likely N-dealkylation sites (tertiary alicyclic amines) is 1. The second kappa shape index (κ2) is 10.5. The van der Waals surface area contributed by atoms with Crippen LogP contribution in [0.25, 0.3) is 0 Å². The SMILES string of the molecule is Cc1ccccc1C(=O)NC(CC(C)C)C(=O)N1CCC(C2C=CC(Cl)=CC2C)CC1. The van der Waals surface area contributed by atoms with E-state index in [1.807, 2.05) is 42.2 Å². The highest BCUT2D eigenvalue weighted by atomic mass is 35.5. The summed E-state index contributed by atoms with van der Waals surface area (Å²) < 4.78 is 0. The number of carbonyl (C=O) groups is 2. The highest BCUT2D eigenvalue weighted by Gasteiger charge is 2.33. The molecule has 1 N–H and O–H groups in total. The highest BCUT2D eigenvalue weighted by molar-refractivity contribution is 6.31. The molecule has 0 radical (unpaired) electrons. The molecule has 0 saturated carbocycles. The summed E-state index contributed by atoms with van der Waals surface area (Å²) in [5.74, 6) is 1.65. The summed E-state index contributed by atoms with van der Waals surface area (Å²) in [6, 6.07) is 7.02. The lowest BCUT2D eigenvalue weighted by molar-refractivity contribution is -0.135. The van der Waals surface area contributed by atoms with Crippen LogP contribution in [0.15, 0.2) is 47.5 Å². The van der Waals surface area contributed by atoms with Crippen molar-refractivity contribution in [2.45, 2.75) is 53.0 Å². The first-order valence-electron chi connectivity index (χ1n) is 11.5. The van der Waals surface area contributed by atoms with Gasteiger partial charge in [0.05, 0.1) is 0 Å². The van der Waals surface area contributed by atoms with E-state index in [2.05, 4.69) is 38.2 Å². The first kappa shape index (κ1) is 23.6. The maximum atomic E-state index is 13.3. The molecule has 1 aromatic carbocycles. The largest absolute Gasteiger partial charge is 0.341 e. The van der Waals surface area contributed by atoms with Crippen LogP contribution in [0.5, 0.6) is 0 Å². The summed E-state index contributed by atoms with van der Waals surface area (Å²) >= 11 is 6.14. The van der Waals surface area contributed by atoms with E-state index in [0.29, 0.717) is 35.7 Å². The summed E-state index contributed by atoms with van der Waals surface area (Å²) in [4.78, 5) is 28.2. The van der Waals surface area contributed by atoms with Crippen LogP contribution < -0.4 is 5.32 Å². The molecule has 1 aromatic rings. The van der Waals surface area contributed by atoms with Gasteiger partial charge in [-0.3, -0.25) is 9.59 Å². The summed E-state index contributed by atoms with van der Waals surface area (Å²) in [5.41, 5.74) is 1.55. The number of hydrogen-bond acceptors (Lipinski definition) is 2. The first-order valence-corrected chi connectivity index (χ1v) is 11.8. The Morgan fingerprint density at radius 1 is 1.19 bits per heavy atom. The monoisotopic (exact) mass is 442 g/mol. The van der Waals surface area contributed by atoms with Gasteiger partial charge in [-0.15, -0.1) is 0 Å². The number of aryl methyl sites for hydroxylation is 1. The second-order valence-corrected chi connectivity index (χ2v) is 9.92. The molecule has 3 atom stereocenters. The molecule has 0 bridgehead atoms. The van der Waals surface area contributed by atoms with Crippen LogP contribution in [0.1, 0.15) is 56.0 Å². The van der Waals surface area contributed by atoms with Gasteiger partial charge in [-0.25, -0.2) is 0 Å². The van der Waals surface area contributed by atoms with Crippen LogP contribution in [-0.2, 0) is 4.79 Å². The number of benzene rings is 1. The van der Waals surface area contributed by atoms with Crippen LogP contribution in [0, 0.1) is 30.6 Å². The van der Waals surface area contributed by atoms with Gasteiger partial charge in [0, 0.05) is 23.7 Å². The zero-order chi connectivity index (χ0) is 22.5. The molecule has 2 aliphatic rings. The van der Waals surface area contributed by atoms with Crippen molar-refractivity contribution in [2.24, 2.45) is 23.7 Å². The number of halogens is 1. The molecule has 1 heterocycles. The van der Waals surface area contributed by atoms with E-state index in [0.717, 1.165) is 36.5 Å². The minimum atomic E-state index is -0.487. The number of amides is 2. The average molecular weight is 443 g/mol. The predicted octanol–water partition coefficient (Wildman–Crippen LogP) is 5.32. The van der Waals surface area contributed by atoms with Crippen molar-refractivity contribution in [1.82, 2.24) is 10.2 Å². The molecule has 1 aliphatic carbocycles. The molecular formula is C26H35ClN2O2. The maximum Gasteiger partial charge on any atom is 0.252 e. The molecule has 168 valence electrons. The minimum absolute atomic E-state index is 0.0456. The number of allylic oxidation sites excluding steroid dienone is 4. The van der Waals surface area contributed by atoms with Crippen molar-refractivity contribution in [2.75, 3.05) is 13.1 Å². The van der Waals surface area contributed by atoms with Gasteiger partial charge in [0.15, 0.2) is 0 Å². The molecule has 1 fully saturated rings. The van der Waals surface area contributed by atoms with E-state index in [-0.39, 0.29) is 11.8 Å². The quantitative estimate of drug-likeness (QED) is 0.647. The zero-order valence-electron chi connectivity index (χ0n) is 19.1. The van der Waals surface area contributed by atoms with Crippen LogP contribution in [0.4, 0.5) is 0 Å². The number of rotatable bonds is 6. The van der Waals surface area contributed by atoms with E-state index in [1.54, 1.807) is 0 Å². The lowest BCUT2D eigenvalue weighted by atomic mass is 9.75. The van der Waals surface area contributed by atoms with Crippen molar-refractivity contribution in [3.8, 4) is 0 Å². The molecule has 31 heavy (non-hydrogen) atoms. The summed E-state index contributed by atoms with van der Waals surface area (Å²) in [7, 11) is 0. The first-order chi connectivity index (χ1) is 14.8. The Morgan fingerprint density at radius 2 is 1.87 bits per heavy atom. The van der Waals surface area contributed by atoms with Gasteiger partial charge >= 0.3 is 0 Å². The Balaban J connectivity index is 1.62. The second-order valence-electron chi connectivity index (χ2n) is 9.48. The molecule has 5 heteroatoms. The molecule has 1 saturated heterocycles. The Labute approximate surface area is 191 Å². The molecule has 3 rings (SSSR count). The van der Waals surface area contributed by atoms with Crippen molar-refractivity contribution in [1.29, 1.82) is 0 Å². The van der Waals surface area contributed by atoms with Gasteiger partial charge in [0.2, 0.25) is 5.91 Å². The fourth-order valence-corrected chi connectivity index (χ4v) is 5.14. The summed E-state index contributed by atoms with van der Waals surface area (Å²) in [6.07, 6.45) is 8.97. The Hall–Kier alpha value is -2.07. The number of nitrogens with zero attached hydrogens (tertiary/aromatic N) is 1. The van der Waals surface area contributed by atoms with Crippen LogP contribution in [-0.4, -0.2) is 35.8 Å². The standard InChI is InChI=1S/C26H35ClN2O2/c1-17(2)15-24(28-25(30)23-8-6-5-7-18(23)3)26(31)29-13-11-20(12-14-29)22-10-9-21(27)16-19(22)4/h5-10,16-17,19-20,22,24H,11-15H2,1-4H3,(H,28,30). The van der Waals surface area contributed by atoms with Gasteiger partial charge < -0.3 is 10.2 Å².